The highest BCUT2D eigenvalue weighted by atomic mass is 32.1. The van der Waals surface area contributed by atoms with Gasteiger partial charge in [0.1, 0.15) is 17.6 Å². The number of fused-ring (bicyclic) bond motifs is 4. The maximum absolute atomic E-state index is 6.45. The van der Waals surface area contributed by atoms with Crippen molar-refractivity contribution in [2.24, 2.45) is 5.41 Å². The van der Waals surface area contributed by atoms with Crippen molar-refractivity contribution in [1.82, 2.24) is 13.6 Å². The zero-order valence-electron chi connectivity index (χ0n) is 38.7. The van der Waals surface area contributed by atoms with Gasteiger partial charge in [-0.25, -0.2) is 0 Å². The van der Waals surface area contributed by atoms with E-state index in [1.165, 1.54) is 45.1 Å². The normalized spacial score (nSPS) is 16.1. The highest BCUT2D eigenvalue weighted by Crippen LogP contribution is 2.54. The van der Waals surface area contributed by atoms with Gasteiger partial charge in [-0.1, -0.05) is 96.2 Å². The Hall–Kier alpha value is -3.02. The molecule has 0 saturated carbocycles. The average Bonchev–Trinajstić information content (AvgIpc) is 3.74. The summed E-state index contributed by atoms with van der Waals surface area (Å²) in [6.07, 6.45) is 6.22. The van der Waals surface area contributed by atoms with Crippen molar-refractivity contribution in [3.05, 3.63) is 76.9 Å². The van der Waals surface area contributed by atoms with Crippen LogP contribution in [0.15, 0.2) is 54.6 Å². The Kier molecular flexibility index (Phi) is 16.1. The molecule has 9 heteroatoms. The van der Waals surface area contributed by atoms with E-state index in [0.717, 1.165) is 59.2 Å². The first kappa shape index (κ1) is 47.0. The van der Waals surface area contributed by atoms with E-state index in [1.54, 1.807) is 0 Å². The highest BCUT2D eigenvalue weighted by Gasteiger charge is 2.43. The minimum atomic E-state index is -0.336. The third kappa shape index (κ3) is 12.5. The smallest absolute Gasteiger partial charge is 0.112 e. The quantitative estimate of drug-likeness (QED) is 0.0577. The molecule has 1 unspecified atom stereocenters. The van der Waals surface area contributed by atoms with Crippen LogP contribution in [0.2, 0.25) is 0 Å². The molecule has 0 bridgehead atoms. The van der Waals surface area contributed by atoms with Gasteiger partial charge in [-0.3, -0.25) is 4.90 Å². The molecule has 8 nitrogen and oxygen atoms in total. The molecule has 1 aliphatic rings. The van der Waals surface area contributed by atoms with Crippen LogP contribution in [0.25, 0.3) is 39.4 Å². The van der Waals surface area contributed by atoms with Gasteiger partial charge in [-0.2, -0.15) is 8.75 Å². The molecule has 1 heterocycles. The number of benzene rings is 3. The molecule has 5 rings (SSSR count). The predicted molar refractivity (Wildman–Crippen MR) is 249 cm³/mol. The number of nitrogens with zero attached hydrogens (tertiary/aromatic N) is 4. The fraction of sp³-hybridized carbons (Fsp3) is 0.600. The molecule has 0 spiro atoms. The van der Waals surface area contributed by atoms with Gasteiger partial charge in [0, 0.05) is 42.8 Å². The lowest BCUT2D eigenvalue weighted by Gasteiger charge is -2.33. The van der Waals surface area contributed by atoms with Crippen LogP contribution in [0.3, 0.4) is 0 Å². The molecule has 0 saturated heterocycles. The van der Waals surface area contributed by atoms with E-state index >= 15 is 0 Å². The Labute approximate surface area is 361 Å². The van der Waals surface area contributed by atoms with Crippen molar-refractivity contribution >= 4 is 28.8 Å². The minimum Gasteiger partial charge on any atom is -0.379 e. The van der Waals surface area contributed by atoms with E-state index in [1.807, 2.05) is 0 Å². The van der Waals surface area contributed by atoms with Crippen LogP contribution in [0.5, 0.6) is 0 Å². The molecule has 4 aromatic rings. The second-order valence-electron chi connectivity index (χ2n) is 20.1. The summed E-state index contributed by atoms with van der Waals surface area (Å²) in [5.74, 6) is 0. The molecule has 0 amide bonds. The molecule has 0 fully saturated rings. The molecular formula is C50H75N4O4S+. The van der Waals surface area contributed by atoms with Crippen molar-refractivity contribution in [1.29, 1.82) is 0 Å². The zero-order chi connectivity index (χ0) is 43.0. The van der Waals surface area contributed by atoms with Crippen LogP contribution in [0.4, 0.5) is 0 Å². The van der Waals surface area contributed by atoms with Gasteiger partial charge in [-0.05, 0) is 96.4 Å². The summed E-state index contributed by atoms with van der Waals surface area (Å²) in [6, 6.07) is 19.5. The van der Waals surface area contributed by atoms with E-state index in [2.05, 4.69) is 156 Å². The summed E-state index contributed by atoms with van der Waals surface area (Å²) in [6.45, 7) is 29.3. The van der Waals surface area contributed by atoms with Crippen LogP contribution in [-0.2, 0) is 29.8 Å². The van der Waals surface area contributed by atoms with E-state index in [0.29, 0.717) is 58.3 Å². The van der Waals surface area contributed by atoms with Crippen molar-refractivity contribution in [3.8, 4) is 22.3 Å². The molecule has 1 atom stereocenters. The van der Waals surface area contributed by atoms with Crippen LogP contribution in [0.1, 0.15) is 104 Å². The van der Waals surface area contributed by atoms with Crippen LogP contribution in [-0.4, -0.2) is 117 Å². The van der Waals surface area contributed by atoms with Gasteiger partial charge in [-0.15, -0.1) is 0 Å². The predicted octanol–water partition coefficient (Wildman–Crippen LogP) is 10.7. The SMILES string of the molecule is CC(C)N(CCOCCOCCC1(CCOCCOCC[N+](C)(C)C)c2cc(C=CC(C)(C)C)ccc2-c2ccc(-c3ccc(C(C)(C)C)c4nsnc34)cc21)C(C)C. The van der Waals surface area contributed by atoms with Gasteiger partial charge >= 0.3 is 0 Å². The van der Waals surface area contributed by atoms with Crippen molar-refractivity contribution in [2.75, 3.05) is 87.1 Å². The van der Waals surface area contributed by atoms with Crippen molar-refractivity contribution in [2.45, 2.75) is 105 Å². The van der Waals surface area contributed by atoms with Crippen LogP contribution in [0, 0.1) is 5.41 Å². The third-order valence-electron chi connectivity index (χ3n) is 11.5. The monoisotopic (exact) mass is 828 g/mol. The summed E-state index contributed by atoms with van der Waals surface area (Å²) in [5, 5.41) is 0. The second kappa shape index (κ2) is 20.2. The lowest BCUT2D eigenvalue weighted by molar-refractivity contribution is -0.870. The Morgan fingerprint density at radius 3 is 1.78 bits per heavy atom. The topological polar surface area (TPSA) is 65.9 Å². The molecule has 1 aromatic heterocycles. The third-order valence-corrected chi connectivity index (χ3v) is 12.0. The number of hydrogen-bond acceptors (Lipinski definition) is 8. The average molecular weight is 828 g/mol. The lowest BCUT2D eigenvalue weighted by Crippen LogP contribution is -2.39. The molecule has 0 radical (unpaired) electrons. The fourth-order valence-corrected chi connectivity index (χ4v) is 8.83. The highest BCUT2D eigenvalue weighted by molar-refractivity contribution is 7.00. The van der Waals surface area contributed by atoms with Gasteiger partial charge in [0.2, 0.25) is 0 Å². The molecule has 59 heavy (non-hydrogen) atoms. The Balaban J connectivity index is 1.46. The summed E-state index contributed by atoms with van der Waals surface area (Å²) >= 11 is 1.30. The second-order valence-corrected chi connectivity index (χ2v) is 20.6. The molecule has 3 aromatic carbocycles. The minimum absolute atomic E-state index is 0.0369. The molecule has 1 aliphatic carbocycles. The molecule has 324 valence electrons. The lowest BCUT2D eigenvalue weighted by atomic mass is 9.72. The first-order chi connectivity index (χ1) is 27.8. The molecular weight excluding hydrogens is 753 g/mol. The number of ether oxygens (including phenoxy) is 4. The molecule has 0 N–H and O–H groups in total. The van der Waals surface area contributed by atoms with E-state index in [4.69, 9.17) is 27.7 Å². The largest absolute Gasteiger partial charge is 0.379 e. The number of likely N-dealkylation sites (N-methyl/N-ethyl adjacent to an activating group) is 1. The fourth-order valence-electron chi connectivity index (χ4n) is 8.26. The maximum Gasteiger partial charge on any atom is 0.112 e. The van der Waals surface area contributed by atoms with Gasteiger partial charge in [0.25, 0.3) is 0 Å². The Morgan fingerprint density at radius 2 is 1.20 bits per heavy atom. The van der Waals surface area contributed by atoms with Gasteiger partial charge in [0.15, 0.2) is 0 Å². The number of rotatable bonds is 22. The maximum atomic E-state index is 6.45. The van der Waals surface area contributed by atoms with Gasteiger partial charge in [0.05, 0.1) is 72.5 Å². The summed E-state index contributed by atoms with van der Waals surface area (Å²) < 4.78 is 35.5. The van der Waals surface area contributed by atoms with Crippen LogP contribution < -0.4 is 0 Å². The van der Waals surface area contributed by atoms with Crippen molar-refractivity contribution < 1.29 is 23.4 Å². The molecule has 0 aliphatic heterocycles. The first-order valence-electron chi connectivity index (χ1n) is 21.9. The van der Waals surface area contributed by atoms with E-state index in [9.17, 15) is 0 Å². The number of aromatic nitrogens is 2. The van der Waals surface area contributed by atoms with Gasteiger partial charge < -0.3 is 23.4 Å². The Morgan fingerprint density at radius 1 is 0.661 bits per heavy atom. The van der Waals surface area contributed by atoms with Crippen LogP contribution >= 0.6 is 11.7 Å². The Bertz CT molecular complexity index is 1980. The van der Waals surface area contributed by atoms with E-state index < -0.39 is 0 Å². The van der Waals surface area contributed by atoms with E-state index in [-0.39, 0.29) is 16.2 Å². The summed E-state index contributed by atoms with van der Waals surface area (Å²) in [7, 11) is 6.57. The van der Waals surface area contributed by atoms with Crippen molar-refractivity contribution in [3.63, 3.8) is 0 Å². The number of quaternary nitrogens is 1. The zero-order valence-corrected chi connectivity index (χ0v) is 39.6. The first-order valence-corrected chi connectivity index (χ1v) is 22.7. The number of allylic oxidation sites excluding steroid dienone is 1. The summed E-state index contributed by atoms with van der Waals surface area (Å²) in [5.41, 5.74) is 11.6. The standard InChI is InChI=1S/C50H75N4O4S/c1-36(2)53(37(3)4)24-28-57-32-30-55-26-22-50(23-27-56-31-33-58-29-25-54(11,12)13)44-34-38(20-21-48(5,6)7)14-16-41(44)42-17-15-39(35-45(42)50)40-18-19-43(49(8,9)10)47-46(40)51-59-52-47/h14-21,34-37H,22-33H2,1-13H3/q+1. The summed E-state index contributed by atoms with van der Waals surface area (Å²) in [4.78, 5) is 2.47. The number of hydrogen-bond donors (Lipinski definition) is 0.